The topological polar surface area (TPSA) is 53.1 Å². The average Bonchev–Trinajstić information content (AvgIpc) is 3.02. The second-order valence-corrected chi connectivity index (χ2v) is 9.52. The van der Waals surface area contributed by atoms with Crippen molar-refractivity contribution in [3.8, 4) is 0 Å². The number of hydrogen-bond acceptors (Lipinski definition) is 6. The van der Waals surface area contributed by atoms with E-state index in [1.807, 2.05) is 13.0 Å². The molecule has 3 rings (SSSR count). The van der Waals surface area contributed by atoms with Crippen molar-refractivity contribution in [2.45, 2.75) is 11.1 Å². The lowest BCUT2D eigenvalue weighted by molar-refractivity contribution is 0.0317. The van der Waals surface area contributed by atoms with Gasteiger partial charge in [-0.05, 0) is 19.1 Å². The molecule has 0 saturated carbocycles. The molecular formula is C15H25N3O3S2. The summed E-state index contributed by atoms with van der Waals surface area (Å²) in [5.41, 5.74) is 0. The van der Waals surface area contributed by atoms with Crippen molar-refractivity contribution in [3.63, 3.8) is 0 Å². The van der Waals surface area contributed by atoms with E-state index < -0.39 is 10.0 Å². The van der Waals surface area contributed by atoms with Crippen LogP contribution in [0.15, 0.2) is 16.3 Å². The van der Waals surface area contributed by atoms with Crippen molar-refractivity contribution in [3.05, 3.63) is 17.0 Å². The van der Waals surface area contributed by atoms with Crippen molar-refractivity contribution in [2.24, 2.45) is 0 Å². The lowest BCUT2D eigenvalue weighted by Crippen LogP contribution is -2.50. The van der Waals surface area contributed by atoms with E-state index in [2.05, 4.69) is 9.80 Å². The van der Waals surface area contributed by atoms with Crippen LogP contribution in [-0.2, 0) is 14.8 Å². The van der Waals surface area contributed by atoms with Crippen LogP contribution in [0.2, 0.25) is 0 Å². The minimum atomic E-state index is -3.30. The fourth-order valence-corrected chi connectivity index (χ4v) is 5.84. The van der Waals surface area contributed by atoms with Gasteiger partial charge >= 0.3 is 0 Å². The molecule has 2 saturated heterocycles. The monoisotopic (exact) mass is 359 g/mol. The van der Waals surface area contributed by atoms with E-state index in [0.29, 0.717) is 17.3 Å². The second kappa shape index (κ2) is 7.58. The summed E-state index contributed by atoms with van der Waals surface area (Å²) >= 11 is 1.36. The van der Waals surface area contributed by atoms with Gasteiger partial charge in [0.15, 0.2) is 0 Å². The van der Waals surface area contributed by atoms with Crippen LogP contribution in [0.1, 0.15) is 4.88 Å². The zero-order valence-corrected chi connectivity index (χ0v) is 15.2. The highest BCUT2D eigenvalue weighted by molar-refractivity contribution is 7.91. The molecule has 3 heterocycles. The van der Waals surface area contributed by atoms with Crippen LogP contribution in [0.4, 0.5) is 0 Å². The molecule has 0 atom stereocenters. The molecule has 0 N–H and O–H groups in total. The highest BCUT2D eigenvalue weighted by atomic mass is 32.2. The summed E-state index contributed by atoms with van der Waals surface area (Å²) in [6, 6.07) is 3.59. The van der Waals surface area contributed by atoms with Gasteiger partial charge in [0.05, 0.1) is 13.2 Å². The van der Waals surface area contributed by atoms with Gasteiger partial charge in [0.2, 0.25) is 0 Å². The summed E-state index contributed by atoms with van der Waals surface area (Å²) < 4.78 is 32.7. The molecule has 2 fully saturated rings. The summed E-state index contributed by atoms with van der Waals surface area (Å²) in [6.07, 6.45) is 0. The van der Waals surface area contributed by atoms with Crippen LogP contribution < -0.4 is 0 Å². The lowest BCUT2D eigenvalue weighted by Gasteiger charge is -2.35. The zero-order valence-electron chi connectivity index (χ0n) is 13.6. The quantitative estimate of drug-likeness (QED) is 0.774. The standard InChI is InChI=1S/C15H25N3O3S2/c1-14-2-3-15(22-14)23(19,20)18-8-6-16(7-9-18)4-5-17-10-12-21-13-11-17/h2-3H,4-13H2,1H3. The number of nitrogens with zero attached hydrogens (tertiary/aromatic N) is 3. The third-order valence-corrected chi connectivity index (χ3v) is 7.84. The Morgan fingerprint density at radius 1 is 1.00 bits per heavy atom. The molecule has 0 radical (unpaired) electrons. The van der Waals surface area contributed by atoms with Crippen LogP contribution in [0.3, 0.4) is 0 Å². The number of aryl methyl sites for hydroxylation is 1. The van der Waals surface area contributed by atoms with Crippen LogP contribution in [-0.4, -0.2) is 88.1 Å². The number of hydrogen-bond donors (Lipinski definition) is 0. The van der Waals surface area contributed by atoms with Crippen molar-refractivity contribution in [1.29, 1.82) is 0 Å². The Morgan fingerprint density at radius 2 is 1.61 bits per heavy atom. The minimum Gasteiger partial charge on any atom is -0.379 e. The lowest BCUT2D eigenvalue weighted by atomic mass is 10.3. The Morgan fingerprint density at radius 3 is 2.17 bits per heavy atom. The minimum absolute atomic E-state index is 0.469. The molecular weight excluding hydrogens is 334 g/mol. The molecule has 8 heteroatoms. The van der Waals surface area contributed by atoms with E-state index in [4.69, 9.17) is 4.74 Å². The Bertz CT molecular complexity index is 603. The number of thiophene rings is 1. The predicted octanol–water partition coefficient (Wildman–Crippen LogP) is 0.695. The normalized spacial score (nSPS) is 22.5. The fraction of sp³-hybridized carbons (Fsp3) is 0.733. The van der Waals surface area contributed by atoms with E-state index in [1.54, 1.807) is 10.4 Å². The predicted molar refractivity (Wildman–Crippen MR) is 91.5 cm³/mol. The molecule has 0 amide bonds. The molecule has 0 unspecified atom stereocenters. The largest absolute Gasteiger partial charge is 0.379 e. The molecule has 6 nitrogen and oxygen atoms in total. The first-order chi connectivity index (χ1) is 11.1. The van der Waals surface area contributed by atoms with Crippen molar-refractivity contribution < 1.29 is 13.2 Å². The number of sulfonamides is 1. The van der Waals surface area contributed by atoms with E-state index in [-0.39, 0.29) is 0 Å². The first-order valence-corrected chi connectivity index (χ1v) is 10.4. The zero-order chi connectivity index (χ0) is 16.3. The summed E-state index contributed by atoms with van der Waals surface area (Å²) in [4.78, 5) is 5.81. The molecule has 0 aliphatic carbocycles. The number of rotatable bonds is 5. The molecule has 23 heavy (non-hydrogen) atoms. The van der Waals surface area contributed by atoms with Gasteiger partial charge in [-0.2, -0.15) is 4.31 Å². The SMILES string of the molecule is Cc1ccc(S(=O)(=O)N2CCN(CCN3CCOCC3)CC2)s1. The summed E-state index contributed by atoms with van der Waals surface area (Å²) in [6.45, 7) is 10.4. The third-order valence-electron chi connectivity index (χ3n) is 4.48. The molecule has 130 valence electrons. The van der Waals surface area contributed by atoms with Crippen molar-refractivity contribution in [1.82, 2.24) is 14.1 Å². The van der Waals surface area contributed by atoms with Gasteiger partial charge in [0.1, 0.15) is 4.21 Å². The third kappa shape index (κ3) is 4.32. The highest BCUT2D eigenvalue weighted by Gasteiger charge is 2.29. The van der Waals surface area contributed by atoms with Gasteiger partial charge in [-0.1, -0.05) is 0 Å². The van der Waals surface area contributed by atoms with Crippen LogP contribution >= 0.6 is 11.3 Å². The molecule has 0 bridgehead atoms. The van der Waals surface area contributed by atoms with E-state index in [9.17, 15) is 8.42 Å². The van der Waals surface area contributed by atoms with Gasteiger partial charge < -0.3 is 4.74 Å². The molecule has 2 aliphatic rings. The van der Waals surface area contributed by atoms with E-state index in [1.165, 1.54) is 11.3 Å². The van der Waals surface area contributed by atoms with Gasteiger partial charge in [-0.25, -0.2) is 8.42 Å². The molecule has 0 aromatic carbocycles. The molecule has 0 spiro atoms. The van der Waals surface area contributed by atoms with E-state index >= 15 is 0 Å². The maximum absolute atomic E-state index is 12.6. The first kappa shape index (κ1) is 17.3. The average molecular weight is 360 g/mol. The van der Waals surface area contributed by atoms with Gasteiger partial charge in [0, 0.05) is 57.2 Å². The highest BCUT2D eigenvalue weighted by Crippen LogP contribution is 2.25. The Hall–Kier alpha value is -0.510. The number of piperazine rings is 1. The summed E-state index contributed by atoms with van der Waals surface area (Å²) in [5.74, 6) is 0. The van der Waals surface area contributed by atoms with Crippen LogP contribution in [0, 0.1) is 6.92 Å². The van der Waals surface area contributed by atoms with E-state index in [0.717, 1.165) is 57.4 Å². The van der Waals surface area contributed by atoms with Crippen LogP contribution in [0.25, 0.3) is 0 Å². The van der Waals surface area contributed by atoms with Crippen LogP contribution in [0.5, 0.6) is 0 Å². The molecule has 1 aromatic rings. The summed E-state index contributed by atoms with van der Waals surface area (Å²) in [7, 11) is -3.30. The maximum atomic E-state index is 12.6. The number of ether oxygens (including phenoxy) is 1. The smallest absolute Gasteiger partial charge is 0.252 e. The Kier molecular flexibility index (Phi) is 5.71. The number of morpholine rings is 1. The Balaban J connectivity index is 1.48. The van der Waals surface area contributed by atoms with Gasteiger partial charge in [0.25, 0.3) is 10.0 Å². The second-order valence-electron chi connectivity index (χ2n) is 6.06. The molecule has 2 aliphatic heterocycles. The van der Waals surface area contributed by atoms with Crippen molar-refractivity contribution in [2.75, 3.05) is 65.6 Å². The van der Waals surface area contributed by atoms with Crippen molar-refractivity contribution >= 4 is 21.4 Å². The Labute approximate surface area is 142 Å². The summed E-state index contributed by atoms with van der Waals surface area (Å²) in [5, 5.41) is 0. The first-order valence-electron chi connectivity index (χ1n) is 8.15. The molecule has 1 aromatic heterocycles. The maximum Gasteiger partial charge on any atom is 0.252 e. The fourth-order valence-electron chi connectivity index (χ4n) is 2.98. The van der Waals surface area contributed by atoms with Gasteiger partial charge in [-0.15, -0.1) is 11.3 Å². The van der Waals surface area contributed by atoms with Gasteiger partial charge in [-0.3, -0.25) is 9.80 Å².